The summed E-state index contributed by atoms with van der Waals surface area (Å²) < 4.78 is 0. The second kappa shape index (κ2) is 5.31. The molecule has 13 heavy (non-hydrogen) atoms. The topological polar surface area (TPSA) is 17.1 Å². The van der Waals surface area contributed by atoms with Gasteiger partial charge in [-0.1, -0.05) is 37.0 Å². The van der Waals surface area contributed by atoms with Gasteiger partial charge in [-0.25, -0.2) is 0 Å². The van der Waals surface area contributed by atoms with Gasteiger partial charge in [0, 0.05) is 5.57 Å². The SMILES string of the molecule is C=C(C)C(=C)/C=C\C(=C/C)C(C)=O. The van der Waals surface area contributed by atoms with Crippen LogP contribution in [0.3, 0.4) is 0 Å². The minimum Gasteiger partial charge on any atom is -0.295 e. The lowest BCUT2D eigenvalue weighted by Gasteiger charge is -1.97. The highest BCUT2D eigenvalue weighted by atomic mass is 16.1. The molecule has 1 heteroatoms. The molecule has 0 fully saturated rings. The molecule has 0 bridgehead atoms. The van der Waals surface area contributed by atoms with Crippen molar-refractivity contribution in [3.8, 4) is 0 Å². The normalized spacial score (nSPS) is 11.8. The van der Waals surface area contributed by atoms with Crippen molar-refractivity contribution in [2.75, 3.05) is 0 Å². The number of carbonyl (C=O) groups is 1. The Balaban J connectivity index is 4.51. The van der Waals surface area contributed by atoms with E-state index in [0.717, 1.165) is 11.1 Å². The molecule has 0 aliphatic rings. The van der Waals surface area contributed by atoms with E-state index in [9.17, 15) is 4.79 Å². The molecule has 0 aromatic carbocycles. The van der Waals surface area contributed by atoms with E-state index < -0.39 is 0 Å². The average Bonchev–Trinajstić information content (AvgIpc) is 2.04. The maximum Gasteiger partial charge on any atom is 0.159 e. The van der Waals surface area contributed by atoms with Crippen molar-refractivity contribution in [2.45, 2.75) is 20.8 Å². The Kier molecular flexibility index (Phi) is 4.75. The summed E-state index contributed by atoms with van der Waals surface area (Å²) in [6.45, 7) is 12.8. The predicted molar refractivity (Wildman–Crippen MR) is 57.5 cm³/mol. The summed E-state index contributed by atoms with van der Waals surface area (Å²) in [4.78, 5) is 11.0. The highest BCUT2D eigenvalue weighted by Crippen LogP contribution is 2.07. The molecule has 0 rings (SSSR count). The number of ketones is 1. The molecule has 0 atom stereocenters. The number of allylic oxidation sites excluding steroid dienone is 6. The molecule has 0 spiro atoms. The molecule has 0 aromatic heterocycles. The maximum atomic E-state index is 11.0. The molecule has 70 valence electrons. The average molecular weight is 176 g/mol. The quantitative estimate of drug-likeness (QED) is 0.475. The Morgan fingerprint density at radius 2 is 1.69 bits per heavy atom. The first kappa shape index (κ1) is 11.6. The van der Waals surface area contributed by atoms with Gasteiger partial charge in [0.2, 0.25) is 0 Å². The summed E-state index contributed by atoms with van der Waals surface area (Å²) in [5.74, 6) is 0.0632. The van der Waals surface area contributed by atoms with Crippen LogP contribution in [-0.2, 0) is 4.79 Å². The van der Waals surface area contributed by atoms with Gasteiger partial charge in [0.15, 0.2) is 5.78 Å². The van der Waals surface area contributed by atoms with Crippen molar-refractivity contribution in [3.63, 3.8) is 0 Å². The third-order valence-corrected chi connectivity index (χ3v) is 1.73. The van der Waals surface area contributed by atoms with E-state index in [1.807, 2.05) is 13.8 Å². The molecule has 1 nitrogen and oxygen atoms in total. The summed E-state index contributed by atoms with van der Waals surface area (Å²) in [6, 6.07) is 0. The lowest BCUT2D eigenvalue weighted by Crippen LogP contribution is -1.92. The first-order valence-electron chi connectivity index (χ1n) is 4.19. The van der Waals surface area contributed by atoms with Crippen molar-refractivity contribution in [3.05, 3.63) is 48.1 Å². The zero-order chi connectivity index (χ0) is 10.4. The number of hydrogen-bond donors (Lipinski definition) is 0. The second-order valence-electron chi connectivity index (χ2n) is 2.94. The van der Waals surface area contributed by atoms with Gasteiger partial charge >= 0.3 is 0 Å². The molecule has 0 aromatic rings. The van der Waals surface area contributed by atoms with Gasteiger partial charge in [0.05, 0.1) is 0 Å². The predicted octanol–water partition coefficient (Wildman–Crippen LogP) is 3.21. The van der Waals surface area contributed by atoms with Crippen LogP contribution in [0.15, 0.2) is 48.1 Å². The van der Waals surface area contributed by atoms with Crippen LogP contribution in [0.1, 0.15) is 20.8 Å². The summed E-state index contributed by atoms with van der Waals surface area (Å²) >= 11 is 0. The van der Waals surface area contributed by atoms with Crippen LogP contribution in [0.5, 0.6) is 0 Å². The zero-order valence-corrected chi connectivity index (χ0v) is 8.55. The minimum absolute atomic E-state index is 0.0632. The first-order chi connectivity index (χ1) is 5.99. The summed E-state index contributed by atoms with van der Waals surface area (Å²) in [7, 11) is 0. The molecule has 0 saturated carbocycles. The van der Waals surface area contributed by atoms with E-state index in [1.165, 1.54) is 0 Å². The lowest BCUT2D eigenvalue weighted by atomic mass is 10.1. The Labute approximate surface area is 80.2 Å². The van der Waals surface area contributed by atoms with Crippen molar-refractivity contribution in [1.82, 2.24) is 0 Å². The van der Waals surface area contributed by atoms with Crippen LogP contribution in [-0.4, -0.2) is 5.78 Å². The number of carbonyl (C=O) groups excluding carboxylic acids is 1. The standard InChI is InChI=1S/C12H16O/c1-6-12(11(5)13)8-7-10(4)9(2)3/h6-8H,2,4H2,1,3,5H3/b8-7-,12-6+. The lowest BCUT2D eigenvalue weighted by molar-refractivity contribution is -0.113. The molecule has 0 aliphatic heterocycles. The maximum absolute atomic E-state index is 11.0. The molecular weight excluding hydrogens is 160 g/mol. The van der Waals surface area contributed by atoms with Crippen LogP contribution >= 0.6 is 0 Å². The second-order valence-corrected chi connectivity index (χ2v) is 2.94. The minimum atomic E-state index is 0.0632. The van der Waals surface area contributed by atoms with Gasteiger partial charge < -0.3 is 0 Å². The number of rotatable bonds is 4. The molecular formula is C12H16O. The third kappa shape index (κ3) is 4.26. The van der Waals surface area contributed by atoms with E-state index in [2.05, 4.69) is 13.2 Å². The fourth-order valence-corrected chi connectivity index (χ4v) is 0.749. The molecule has 0 N–H and O–H groups in total. The van der Waals surface area contributed by atoms with Crippen molar-refractivity contribution < 1.29 is 4.79 Å². The monoisotopic (exact) mass is 176 g/mol. The molecule has 0 radical (unpaired) electrons. The summed E-state index contributed by atoms with van der Waals surface area (Å²) in [5, 5.41) is 0. The smallest absolute Gasteiger partial charge is 0.159 e. The van der Waals surface area contributed by atoms with Gasteiger partial charge in [-0.2, -0.15) is 0 Å². The fraction of sp³-hybridized carbons (Fsp3) is 0.250. The highest BCUT2D eigenvalue weighted by Gasteiger charge is 1.96. The van der Waals surface area contributed by atoms with Crippen molar-refractivity contribution >= 4 is 5.78 Å². The Morgan fingerprint density at radius 1 is 1.15 bits per heavy atom. The van der Waals surface area contributed by atoms with E-state index in [0.29, 0.717) is 5.57 Å². The van der Waals surface area contributed by atoms with Gasteiger partial charge in [-0.15, -0.1) is 0 Å². The first-order valence-corrected chi connectivity index (χ1v) is 4.19. The van der Waals surface area contributed by atoms with Crippen LogP contribution in [0.25, 0.3) is 0 Å². The Bertz CT molecular complexity index is 290. The van der Waals surface area contributed by atoms with E-state index >= 15 is 0 Å². The summed E-state index contributed by atoms with van der Waals surface area (Å²) in [5.41, 5.74) is 2.46. The molecule has 0 saturated heterocycles. The van der Waals surface area contributed by atoms with Gasteiger partial charge in [0.1, 0.15) is 0 Å². The molecule has 0 aliphatic carbocycles. The van der Waals surface area contributed by atoms with Crippen molar-refractivity contribution in [1.29, 1.82) is 0 Å². The van der Waals surface area contributed by atoms with Crippen LogP contribution in [0.2, 0.25) is 0 Å². The van der Waals surface area contributed by atoms with E-state index in [4.69, 9.17) is 0 Å². The zero-order valence-electron chi connectivity index (χ0n) is 8.55. The third-order valence-electron chi connectivity index (χ3n) is 1.73. The number of hydrogen-bond acceptors (Lipinski definition) is 1. The number of Topliss-reactive ketones (excluding diaryl/α,β-unsaturated/α-hetero) is 1. The highest BCUT2D eigenvalue weighted by molar-refractivity contribution is 5.96. The van der Waals surface area contributed by atoms with Crippen LogP contribution in [0, 0.1) is 0 Å². The van der Waals surface area contributed by atoms with Crippen molar-refractivity contribution in [2.24, 2.45) is 0 Å². The van der Waals surface area contributed by atoms with Crippen LogP contribution < -0.4 is 0 Å². The van der Waals surface area contributed by atoms with Crippen LogP contribution in [0.4, 0.5) is 0 Å². The molecule has 0 unspecified atom stereocenters. The molecule has 0 heterocycles. The van der Waals surface area contributed by atoms with E-state index in [-0.39, 0.29) is 5.78 Å². The van der Waals surface area contributed by atoms with Gasteiger partial charge in [0.25, 0.3) is 0 Å². The molecule has 0 amide bonds. The Hall–Kier alpha value is -1.37. The van der Waals surface area contributed by atoms with E-state index in [1.54, 1.807) is 25.2 Å². The van der Waals surface area contributed by atoms with Gasteiger partial charge in [-0.05, 0) is 26.3 Å². The van der Waals surface area contributed by atoms with Gasteiger partial charge in [-0.3, -0.25) is 4.79 Å². The largest absolute Gasteiger partial charge is 0.295 e. The summed E-state index contributed by atoms with van der Waals surface area (Å²) in [6.07, 6.45) is 5.35. The fourth-order valence-electron chi connectivity index (χ4n) is 0.749. The Morgan fingerprint density at radius 3 is 2.00 bits per heavy atom.